The van der Waals surface area contributed by atoms with Gasteiger partial charge in [0.05, 0.1) is 11.1 Å². The van der Waals surface area contributed by atoms with Crippen molar-refractivity contribution in [2.75, 3.05) is 0 Å². The first-order chi connectivity index (χ1) is 8.31. The molecular formula is C9H11N3O6. The standard InChI is InChI=1S/C9H11N3O6/c1-3-10-4-6(12(17)18)7(13)11(9(10)16)5(2)8(14)15/h4-5H,3H2,1-2H3,(H,14,15). The number of aliphatic carboxylic acids is 1. The van der Waals surface area contributed by atoms with Gasteiger partial charge in [0, 0.05) is 6.54 Å². The van der Waals surface area contributed by atoms with Crippen LogP contribution in [0.15, 0.2) is 15.8 Å². The molecule has 0 radical (unpaired) electrons. The normalized spacial score (nSPS) is 12.1. The van der Waals surface area contributed by atoms with Crippen LogP contribution in [-0.2, 0) is 11.3 Å². The molecule has 0 spiro atoms. The van der Waals surface area contributed by atoms with Gasteiger partial charge in [0.25, 0.3) is 0 Å². The quantitative estimate of drug-likeness (QED) is 0.577. The summed E-state index contributed by atoms with van der Waals surface area (Å²) in [6, 6.07) is -1.47. The average Bonchev–Trinajstić information content (AvgIpc) is 2.28. The van der Waals surface area contributed by atoms with Gasteiger partial charge in [0.2, 0.25) is 0 Å². The van der Waals surface area contributed by atoms with Crippen LogP contribution in [0, 0.1) is 10.1 Å². The van der Waals surface area contributed by atoms with Gasteiger partial charge in [0.1, 0.15) is 6.04 Å². The van der Waals surface area contributed by atoms with Crippen molar-refractivity contribution in [3.05, 3.63) is 37.1 Å². The number of carbonyl (C=O) groups is 1. The molecule has 18 heavy (non-hydrogen) atoms. The van der Waals surface area contributed by atoms with E-state index >= 15 is 0 Å². The Hall–Kier alpha value is -2.45. The Morgan fingerprint density at radius 1 is 1.56 bits per heavy atom. The molecule has 0 saturated heterocycles. The van der Waals surface area contributed by atoms with Crippen molar-refractivity contribution in [3.8, 4) is 0 Å². The van der Waals surface area contributed by atoms with E-state index in [1.54, 1.807) is 6.92 Å². The highest BCUT2D eigenvalue weighted by atomic mass is 16.6. The number of aryl methyl sites for hydroxylation is 1. The lowest BCUT2D eigenvalue weighted by Gasteiger charge is -2.11. The first kappa shape index (κ1) is 13.6. The van der Waals surface area contributed by atoms with Crippen LogP contribution in [0.1, 0.15) is 19.9 Å². The summed E-state index contributed by atoms with van der Waals surface area (Å²) in [5, 5.41) is 19.5. The Kier molecular flexibility index (Phi) is 3.64. The highest BCUT2D eigenvalue weighted by Crippen LogP contribution is 2.05. The van der Waals surface area contributed by atoms with Gasteiger partial charge in [-0.05, 0) is 13.8 Å². The lowest BCUT2D eigenvalue weighted by atomic mass is 10.3. The molecular weight excluding hydrogens is 246 g/mol. The SMILES string of the molecule is CCn1cc([N+](=O)[O-])c(=O)n(C(C)C(=O)O)c1=O. The van der Waals surface area contributed by atoms with Gasteiger partial charge >= 0.3 is 22.9 Å². The second-order valence-electron chi connectivity index (χ2n) is 3.53. The zero-order valence-corrected chi connectivity index (χ0v) is 9.69. The van der Waals surface area contributed by atoms with E-state index in [4.69, 9.17) is 5.11 Å². The largest absolute Gasteiger partial charge is 0.480 e. The Morgan fingerprint density at radius 3 is 2.50 bits per heavy atom. The number of rotatable bonds is 4. The lowest BCUT2D eigenvalue weighted by molar-refractivity contribution is -0.387. The van der Waals surface area contributed by atoms with E-state index in [0.717, 1.165) is 17.7 Å². The Morgan fingerprint density at radius 2 is 2.11 bits per heavy atom. The molecule has 0 aromatic carbocycles. The van der Waals surface area contributed by atoms with Gasteiger partial charge in [-0.2, -0.15) is 0 Å². The van der Waals surface area contributed by atoms with Gasteiger partial charge in [0.15, 0.2) is 0 Å². The topological polar surface area (TPSA) is 124 Å². The van der Waals surface area contributed by atoms with E-state index in [-0.39, 0.29) is 6.54 Å². The highest BCUT2D eigenvalue weighted by Gasteiger charge is 2.25. The first-order valence-corrected chi connectivity index (χ1v) is 5.04. The Bertz CT molecular complexity index is 614. The van der Waals surface area contributed by atoms with E-state index in [1.165, 1.54) is 0 Å². The molecule has 1 N–H and O–H groups in total. The summed E-state index contributed by atoms with van der Waals surface area (Å²) < 4.78 is 1.28. The Labute approximate surface area is 100 Å². The van der Waals surface area contributed by atoms with Crippen LogP contribution in [0.2, 0.25) is 0 Å². The zero-order chi connectivity index (χ0) is 14.0. The number of aromatic nitrogens is 2. The van der Waals surface area contributed by atoms with Crippen LogP contribution in [-0.4, -0.2) is 25.1 Å². The monoisotopic (exact) mass is 257 g/mol. The van der Waals surface area contributed by atoms with E-state index in [2.05, 4.69) is 0 Å². The molecule has 0 fully saturated rings. The van der Waals surface area contributed by atoms with Crippen LogP contribution >= 0.6 is 0 Å². The third kappa shape index (κ3) is 2.14. The lowest BCUT2D eigenvalue weighted by Crippen LogP contribution is -2.43. The predicted molar refractivity (Wildman–Crippen MR) is 59.6 cm³/mol. The minimum atomic E-state index is -1.47. The number of carboxylic acid groups (broad SMARTS) is 1. The van der Waals surface area contributed by atoms with Crippen LogP contribution in [0.25, 0.3) is 0 Å². The summed E-state index contributed by atoms with van der Waals surface area (Å²) in [5.41, 5.74) is -2.93. The molecule has 98 valence electrons. The van der Waals surface area contributed by atoms with Gasteiger partial charge < -0.3 is 5.11 Å². The molecule has 0 amide bonds. The van der Waals surface area contributed by atoms with Crippen molar-refractivity contribution in [1.29, 1.82) is 0 Å². The fraction of sp³-hybridized carbons (Fsp3) is 0.444. The summed E-state index contributed by atoms with van der Waals surface area (Å²) in [6.45, 7) is 2.74. The molecule has 1 rings (SSSR count). The summed E-state index contributed by atoms with van der Waals surface area (Å²) in [7, 11) is 0. The molecule has 9 nitrogen and oxygen atoms in total. The van der Waals surface area contributed by atoms with Gasteiger partial charge in [-0.15, -0.1) is 0 Å². The third-order valence-electron chi connectivity index (χ3n) is 2.45. The van der Waals surface area contributed by atoms with Crippen LogP contribution in [0.4, 0.5) is 5.69 Å². The second-order valence-corrected chi connectivity index (χ2v) is 3.53. The van der Waals surface area contributed by atoms with E-state index in [1.807, 2.05) is 0 Å². The van der Waals surface area contributed by atoms with Crippen molar-refractivity contribution < 1.29 is 14.8 Å². The smallest absolute Gasteiger partial charge is 0.350 e. The number of carboxylic acids is 1. The molecule has 1 aromatic heterocycles. The minimum absolute atomic E-state index is 0.0896. The number of hydrogen-bond acceptors (Lipinski definition) is 5. The van der Waals surface area contributed by atoms with Crippen LogP contribution < -0.4 is 11.2 Å². The van der Waals surface area contributed by atoms with Crippen molar-refractivity contribution in [1.82, 2.24) is 9.13 Å². The molecule has 0 aliphatic rings. The predicted octanol–water partition coefficient (Wildman–Crippen LogP) is -0.416. The highest BCUT2D eigenvalue weighted by molar-refractivity contribution is 5.71. The molecule has 0 saturated carbocycles. The Balaban J connectivity index is 3.74. The van der Waals surface area contributed by atoms with Crippen LogP contribution in [0.3, 0.4) is 0 Å². The van der Waals surface area contributed by atoms with Gasteiger partial charge in [-0.25, -0.2) is 14.2 Å². The first-order valence-electron chi connectivity index (χ1n) is 5.04. The average molecular weight is 257 g/mol. The molecule has 1 unspecified atom stereocenters. The zero-order valence-electron chi connectivity index (χ0n) is 9.69. The maximum Gasteiger partial charge on any atom is 0.350 e. The van der Waals surface area contributed by atoms with Crippen molar-refractivity contribution in [3.63, 3.8) is 0 Å². The van der Waals surface area contributed by atoms with E-state index < -0.39 is 33.9 Å². The molecule has 1 aromatic rings. The van der Waals surface area contributed by atoms with Gasteiger partial charge in [-0.1, -0.05) is 0 Å². The maximum atomic E-state index is 11.8. The second kappa shape index (κ2) is 4.82. The fourth-order valence-electron chi connectivity index (χ4n) is 1.41. The number of nitrogens with zero attached hydrogens (tertiary/aromatic N) is 3. The third-order valence-corrected chi connectivity index (χ3v) is 2.45. The summed E-state index contributed by atoms with van der Waals surface area (Å²) in [4.78, 5) is 44.0. The van der Waals surface area contributed by atoms with E-state index in [9.17, 15) is 24.5 Å². The minimum Gasteiger partial charge on any atom is -0.480 e. The summed E-state index contributed by atoms with van der Waals surface area (Å²) in [5.74, 6) is -1.42. The number of nitro groups is 1. The number of hydrogen-bond donors (Lipinski definition) is 1. The molecule has 0 aliphatic carbocycles. The van der Waals surface area contributed by atoms with Crippen LogP contribution in [0.5, 0.6) is 0 Å². The summed E-state index contributed by atoms with van der Waals surface area (Å²) >= 11 is 0. The van der Waals surface area contributed by atoms with E-state index in [0.29, 0.717) is 4.57 Å². The molecule has 0 bridgehead atoms. The molecule has 0 aliphatic heterocycles. The maximum absolute atomic E-state index is 11.8. The van der Waals surface area contributed by atoms with Gasteiger partial charge in [-0.3, -0.25) is 19.5 Å². The van der Waals surface area contributed by atoms with Crippen molar-refractivity contribution >= 4 is 11.7 Å². The van der Waals surface area contributed by atoms with Crippen molar-refractivity contribution in [2.45, 2.75) is 26.4 Å². The molecule has 1 atom stereocenters. The molecule has 9 heteroatoms. The summed E-state index contributed by atoms with van der Waals surface area (Å²) in [6.07, 6.45) is 0.815. The fourth-order valence-corrected chi connectivity index (χ4v) is 1.41. The van der Waals surface area contributed by atoms with Crippen molar-refractivity contribution in [2.24, 2.45) is 0 Å². The molecule has 1 heterocycles.